The average Bonchev–Trinajstić information content (AvgIpc) is 2.37. The quantitative estimate of drug-likeness (QED) is 0.499. The molecule has 0 saturated carbocycles. The molecule has 0 aliphatic carbocycles. The number of halogens is 1. The fourth-order valence-corrected chi connectivity index (χ4v) is 2.31. The molecular formula is C15H21BrO2. The SMILES string of the molecule is CCCCCCC(C)Oc1ccc(C=O)cc1Br. The van der Waals surface area contributed by atoms with Gasteiger partial charge in [0.05, 0.1) is 10.6 Å². The van der Waals surface area contributed by atoms with E-state index in [0.717, 1.165) is 22.9 Å². The topological polar surface area (TPSA) is 26.3 Å². The highest BCUT2D eigenvalue weighted by atomic mass is 79.9. The summed E-state index contributed by atoms with van der Waals surface area (Å²) >= 11 is 3.43. The summed E-state index contributed by atoms with van der Waals surface area (Å²) in [7, 11) is 0. The van der Waals surface area contributed by atoms with Crippen LogP contribution in [0.2, 0.25) is 0 Å². The Labute approximate surface area is 118 Å². The van der Waals surface area contributed by atoms with E-state index in [9.17, 15) is 4.79 Å². The largest absolute Gasteiger partial charge is 0.490 e. The van der Waals surface area contributed by atoms with Crippen molar-refractivity contribution in [3.8, 4) is 5.75 Å². The Bertz CT molecular complexity index is 377. The van der Waals surface area contributed by atoms with Crippen LogP contribution in [0.4, 0.5) is 0 Å². The van der Waals surface area contributed by atoms with Gasteiger partial charge in [0.15, 0.2) is 0 Å². The number of benzene rings is 1. The third-order valence-corrected chi connectivity index (χ3v) is 3.50. The van der Waals surface area contributed by atoms with Crippen molar-refractivity contribution in [1.82, 2.24) is 0 Å². The molecule has 0 aliphatic heterocycles. The number of unbranched alkanes of at least 4 members (excludes halogenated alkanes) is 3. The van der Waals surface area contributed by atoms with Crippen LogP contribution in [0.25, 0.3) is 0 Å². The molecule has 2 nitrogen and oxygen atoms in total. The molecule has 100 valence electrons. The standard InChI is InChI=1S/C15H21BrO2/c1-3-4-5-6-7-12(2)18-15-9-8-13(11-17)10-14(15)16/h8-12H,3-7H2,1-2H3. The van der Waals surface area contributed by atoms with E-state index in [-0.39, 0.29) is 6.10 Å². The first kappa shape index (κ1) is 15.2. The molecule has 0 N–H and O–H groups in total. The maximum Gasteiger partial charge on any atom is 0.150 e. The normalized spacial score (nSPS) is 12.2. The van der Waals surface area contributed by atoms with E-state index >= 15 is 0 Å². The minimum Gasteiger partial charge on any atom is -0.490 e. The number of hydrogen-bond acceptors (Lipinski definition) is 2. The molecule has 1 unspecified atom stereocenters. The van der Waals surface area contributed by atoms with Crippen LogP contribution in [-0.2, 0) is 0 Å². The minimum atomic E-state index is 0.209. The number of hydrogen-bond donors (Lipinski definition) is 0. The third-order valence-electron chi connectivity index (χ3n) is 2.88. The molecule has 0 aliphatic rings. The van der Waals surface area contributed by atoms with Crippen LogP contribution in [0.15, 0.2) is 22.7 Å². The minimum absolute atomic E-state index is 0.209. The zero-order chi connectivity index (χ0) is 13.4. The Hall–Kier alpha value is -0.830. The van der Waals surface area contributed by atoms with E-state index in [1.165, 1.54) is 25.7 Å². The van der Waals surface area contributed by atoms with Crippen LogP contribution in [0, 0.1) is 0 Å². The maximum absolute atomic E-state index is 10.6. The fourth-order valence-electron chi connectivity index (χ4n) is 1.82. The van der Waals surface area contributed by atoms with Crippen molar-refractivity contribution in [3.63, 3.8) is 0 Å². The van der Waals surface area contributed by atoms with Gasteiger partial charge in [0.2, 0.25) is 0 Å². The van der Waals surface area contributed by atoms with Gasteiger partial charge in [-0.05, 0) is 53.9 Å². The molecule has 0 heterocycles. The second-order valence-electron chi connectivity index (χ2n) is 4.59. The maximum atomic E-state index is 10.6. The van der Waals surface area contributed by atoms with Gasteiger partial charge in [-0.1, -0.05) is 26.2 Å². The van der Waals surface area contributed by atoms with Crippen molar-refractivity contribution in [1.29, 1.82) is 0 Å². The predicted molar refractivity (Wildman–Crippen MR) is 78.4 cm³/mol. The fraction of sp³-hybridized carbons (Fsp3) is 0.533. The molecule has 0 radical (unpaired) electrons. The number of aldehydes is 1. The molecular weight excluding hydrogens is 292 g/mol. The second-order valence-corrected chi connectivity index (χ2v) is 5.44. The predicted octanol–water partition coefficient (Wildman–Crippen LogP) is 5.00. The van der Waals surface area contributed by atoms with Gasteiger partial charge < -0.3 is 4.74 Å². The van der Waals surface area contributed by atoms with E-state index in [0.29, 0.717) is 5.56 Å². The lowest BCUT2D eigenvalue weighted by Gasteiger charge is -2.16. The average molecular weight is 313 g/mol. The summed E-state index contributed by atoms with van der Waals surface area (Å²) < 4.78 is 6.70. The van der Waals surface area contributed by atoms with Crippen LogP contribution >= 0.6 is 15.9 Å². The molecule has 0 spiro atoms. The Kier molecular flexibility index (Phi) is 7.02. The summed E-state index contributed by atoms with van der Waals surface area (Å²) in [5.41, 5.74) is 0.657. The van der Waals surface area contributed by atoms with Crippen LogP contribution in [0.3, 0.4) is 0 Å². The molecule has 1 aromatic carbocycles. The smallest absolute Gasteiger partial charge is 0.150 e. The summed E-state index contributed by atoms with van der Waals surface area (Å²) in [5, 5.41) is 0. The van der Waals surface area contributed by atoms with Crippen LogP contribution < -0.4 is 4.74 Å². The zero-order valence-electron chi connectivity index (χ0n) is 11.1. The van der Waals surface area contributed by atoms with E-state index < -0.39 is 0 Å². The molecule has 0 saturated heterocycles. The highest BCUT2D eigenvalue weighted by Crippen LogP contribution is 2.27. The molecule has 1 atom stereocenters. The monoisotopic (exact) mass is 312 g/mol. The summed E-state index contributed by atoms with van der Waals surface area (Å²) in [6.07, 6.45) is 7.15. The number of ether oxygens (including phenoxy) is 1. The number of carbonyl (C=O) groups is 1. The van der Waals surface area contributed by atoms with Crippen molar-refractivity contribution in [2.24, 2.45) is 0 Å². The first-order valence-electron chi connectivity index (χ1n) is 6.58. The summed E-state index contributed by atoms with van der Waals surface area (Å²) in [6.45, 7) is 4.30. The highest BCUT2D eigenvalue weighted by molar-refractivity contribution is 9.10. The molecule has 0 aromatic heterocycles. The van der Waals surface area contributed by atoms with Gasteiger partial charge in [-0.3, -0.25) is 4.79 Å². The Morgan fingerprint density at radius 2 is 2.11 bits per heavy atom. The summed E-state index contributed by atoms with van der Waals surface area (Å²) in [6, 6.07) is 5.40. The van der Waals surface area contributed by atoms with Crippen LogP contribution in [-0.4, -0.2) is 12.4 Å². The Morgan fingerprint density at radius 3 is 2.72 bits per heavy atom. The van der Waals surface area contributed by atoms with E-state index in [2.05, 4.69) is 29.8 Å². The third kappa shape index (κ3) is 5.21. The number of rotatable bonds is 8. The summed E-state index contributed by atoms with van der Waals surface area (Å²) in [4.78, 5) is 10.6. The lowest BCUT2D eigenvalue weighted by atomic mass is 10.1. The van der Waals surface area contributed by atoms with Crippen molar-refractivity contribution in [2.45, 2.75) is 52.1 Å². The molecule has 1 aromatic rings. The van der Waals surface area contributed by atoms with Gasteiger partial charge in [0, 0.05) is 5.56 Å². The molecule has 1 rings (SSSR count). The van der Waals surface area contributed by atoms with Gasteiger partial charge in [-0.15, -0.1) is 0 Å². The van der Waals surface area contributed by atoms with Gasteiger partial charge in [-0.25, -0.2) is 0 Å². The van der Waals surface area contributed by atoms with E-state index in [4.69, 9.17) is 4.74 Å². The van der Waals surface area contributed by atoms with Crippen molar-refractivity contribution in [2.75, 3.05) is 0 Å². The van der Waals surface area contributed by atoms with E-state index in [1.54, 1.807) is 12.1 Å². The van der Waals surface area contributed by atoms with Crippen LogP contribution in [0.5, 0.6) is 5.75 Å². The first-order valence-corrected chi connectivity index (χ1v) is 7.38. The summed E-state index contributed by atoms with van der Waals surface area (Å²) in [5.74, 6) is 0.809. The zero-order valence-corrected chi connectivity index (χ0v) is 12.7. The molecule has 0 bridgehead atoms. The molecule has 18 heavy (non-hydrogen) atoms. The van der Waals surface area contributed by atoms with Gasteiger partial charge in [0.25, 0.3) is 0 Å². The molecule has 3 heteroatoms. The van der Waals surface area contributed by atoms with Crippen molar-refractivity contribution in [3.05, 3.63) is 28.2 Å². The second kappa shape index (κ2) is 8.30. The van der Waals surface area contributed by atoms with Crippen molar-refractivity contribution < 1.29 is 9.53 Å². The van der Waals surface area contributed by atoms with E-state index in [1.807, 2.05) is 6.07 Å². The number of carbonyl (C=O) groups excluding carboxylic acids is 1. The van der Waals surface area contributed by atoms with Crippen LogP contribution in [0.1, 0.15) is 56.3 Å². The lowest BCUT2D eigenvalue weighted by molar-refractivity contribution is 0.112. The lowest BCUT2D eigenvalue weighted by Crippen LogP contribution is -2.11. The van der Waals surface area contributed by atoms with Gasteiger partial charge in [0.1, 0.15) is 12.0 Å². The van der Waals surface area contributed by atoms with Gasteiger partial charge in [-0.2, -0.15) is 0 Å². The van der Waals surface area contributed by atoms with Gasteiger partial charge >= 0.3 is 0 Å². The highest BCUT2D eigenvalue weighted by Gasteiger charge is 2.07. The molecule has 0 amide bonds. The Morgan fingerprint density at radius 1 is 1.33 bits per heavy atom. The Balaban J connectivity index is 2.43. The molecule has 0 fully saturated rings. The van der Waals surface area contributed by atoms with Crippen molar-refractivity contribution >= 4 is 22.2 Å². The first-order chi connectivity index (χ1) is 8.67.